The number of amides is 2. The van der Waals surface area contributed by atoms with Gasteiger partial charge in [0.05, 0.1) is 11.4 Å². The zero-order valence-corrected chi connectivity index (χ0v) is 16.2. The van der Waals surface area contributed by atoms with Gasteiger partial charge in [0, 0.05) is 22.4 Å². The third kappa shape index (κ3) is 4.50. The lowest BCUT2D eigenvalue weighted by Crippen LogP contribution is -2.32. The first-order valence-corrected chi connectivity index (χ1v) is 10.3. The summed E-state index contributed by atoms with van der Waals surface area (Å²) >= 11 is 5.94. The van der Waals surface area contributed by atoms with Crippen LogP contribution in [0.5, 0.6) is 0 Å². The topological polar surface area (TPSA) is 122 Å². The quantitative estimate of drug-likeness (QED) is 0.429. The van der Waals surface area contributed by atoms with E-state index in [-0.39, 0.29) is 17.3 Å². The largest absolute Gasteiger partial charge is 0.438 e. The second kappa shape index (κ2) is 8.01. The second-order valence-corrected chi connectivity index (χ2v) is 8.34. The number of hydroxylamine groups is 1. The molecular weight excluding hydrogens is 406 g/mol. The van der Waals surface area contributed by atoms with Crippen LogP contribution in [-0.2, 0) is 16.4 Å². The number of rotatable bonds is 5. The first-order valence-electron chi connectivity index (χ1n) is 8.02. The molecule has 0 bridgehead atoms. The highest BCUT2D eigenvalue weighted by atomic mass is 35.5. The van der Waals surface area contributed by atoms with Crippen molar-refractivity contribution in [2.45, 2.75) is 11.4 Å². The Morgan fingerprint density at radius 2 is 1.71 bits per heavy atom. The van der Waals surface area contributed by atoms with Crippen LogP contribution in [-0.4, -0.2) is 30.9 Å². The van der Waals surface area contributed by atoms with Gasteiger partial charge in [-0.3, -0.25) is 5.21 Å². The third-order valence-corrected chi connectivity index (χ3v) is 5.22. The molecule has 3 rings (SSSR count). The average Bonchev–Trinajstić information content (AvgIpc) is 3.10. The molecule has 0 fully saturated rings. The van der Waals surface area contributed by atoms with Crippen molar-refractivity contribution in [3.63, 3.8) is 0 Å². The zero-order chi connectivity index (χ0) is 20.3. The molecular formula is C18H16ClN3O5S. The van der Waals surface area contributed by atoms with Crippen molar-refractivity contribution in [1.82, 2.24) is 15.8 Å². The van der Waals surface area contributed by atoms with E-state index in [1.54, 1.807) is 36.4 Å². The summed E-state index contributed by atoms with van der Waals surface area (Å²) in [6.45, 7) is -0.0611. The molecule has 146 valence electrons. The van der Waals surface area contributed by atoms with Gasteiger partial charge in [-0.05, 0) is 36.4 Å². The van der Waals surface area contributed by atoms with Crippen molar-refractivity contribution in [3.05, 3.63) is 59.4 Å². The number of sulfone groups is 1. The highest BCUT2D eigenvalue weighted by Gasteiger charge is 2.18. The van der Waals surface area contributed by atoms with E-state index in [1.165, 1.54) is 17.6 Å². The molecule has 3 N–H and O–H groups in total. The number of halogens is 1. The van der Waals surface area contributed by atoms with Crippen LogP contribution in [0.4, 0.5) is 4.79 Å². The number of nitrogens with one attached hydrogen (secondary N) is 2. The van der Waals surface area contributed by atoms with Crippen LogP contribution in [0, 0.1) is 0 Å². The maximum Gasteiger partial charge on any atom is 0.338 e. The van der Waals surface area contributed by atoms with Gasteiger partial charge < -0.3 is 9.73 Å². The van der Waals surface area contributed by atoms with Crippen LogP contribution in [0.15, 0.2) is 57.8 Å². The molecule has 0 spiro atoms. The number of carbonyl (C=O) groups is 1. The van der Waals surface area contributed by atoms with E-state index >= 15 is 0 Å². The van der Waals surface area contributed by atoms with Crippen LogP contribution in [0.2, 0.25) is 5.02 Å². The molecule has 0 saturated carbocycles. The summed E-state index contributed by atoms with van der Waals surface area (Å²) in [5, 5.41) is 11.5. The molecule has 10 heteroatoms. The normalized spacial score (nSPS) is 11.2. The smallest absolute Gasteiger partial charge is 0.338 e. The summed E-state index contributed by atoms with van der Waals surface area (Å²) in [5.74, 6) is 0.610. The van der Waals surface area contributed by atoms with E-state index in [2.05, 4.69) is 10.3 Å². The van der Waals surface area contributed by atoms with Crippen molar-refractivity contribution < 1.29 is 22.8 Å². The van der Waals surface area contributed by atoms with Crippen molar-refractivity contribution in [3.8, 4) is 22.6 Å². The number of carbonyl (C=O) groups excluding carboxylic acids is 1. The Balaban J connectivity index is 2.03. The second-order valence-electron chi connectivity index (χ2n) is 5.88. The van der Waals surface area contributed by atoms with Gasteiger partial charge in [0.15, 0.2) is 15.6 Å². The van der Waals surface area contributed by atoms with Gasteiger partial charge in [0.25, 0.3) is 0 Å². The SMILES string of the molecule is CS(=O)(=O)c1ccc(-c2oc(CNC(=O)NO)nc2-c2ccc(Cl)cc2)cc1. The molecule has 1 heterocycles. The first kappa shape index (κ1) is 19.9. The molecule has 0 aliphatic rings. The molecule has 2 aromatic carbocycles. The standard InChI is InChI=1S/C18H16ClN3O5S/c1-28(25,26)14-8-4-12(5-9-14)17-16(11-2-6-13(19)7-3-11)21-15(27-17)10-20-18(23)22-24/h2-9,24H,10H2,1H3,(H2,20,22,23). The fraction of sp³-hybridized carbons (Fsp3) is 0.111. The van der Waals surface area contributed by atoms with E-state index in [0.29, 0.717) is 22.0 Å². The summed E-state index contributed by atoms with van der Waals surface area (Å²) in [4.78, 5) is 15.8. The number of urea groups is 1. The Bertz CT molecular complexity index is 1090. The van der Waals surface area contributed by atoms with E-state index in [1.807, 2.05) is 0 Å². The molecule has 2 amide bonds. The number of aromatic nitrogens is 1. The van der Waals surface area contributed by atoms with Crippen LogP contribution in [0.3, 0.4) is 0 Å². The monoisotopic (exact) mass is 421 g/mol. The number of benzene rings is 2. The van der Waals surface area contributed by atoms with Crippen LogP contribution in [0.1, 0.15) is 5.89 Å². The molecule has 28 heavy (non-hydrogen) atoms. The number of oxazole rings is 1. The van der Waals surface area contributed by atoms with Crippen molar-refractivity contribution in [1.29, 1.82) is 0 Å². The zero-order valence-electron chi connectivity index (χ0n) is 14.6. The highest BCUT2D eigenvalue weighted by Crippen LogP contribution is 2.33. The minimum absolute atomic E-state index is 0.0611. The van der Waals surface area contributed by atoms with Gasteiger partial charge in [-0.2, -0.15) is 0 Å². The lowest BCUT2D eigenvalue weighted by atomic mass is 10.1. The summed E-state index contributed by atoms with van der Waals surface area (Å²) in [5.41, 5.74) is 3.30. The van der Waals surface area contributed by atoms with E-state index < -0.39 is 15.9 Å². The van der Waals surface area contributed by atoms with E-state index in [0.717, 1.165) is 11.8 Å². The maximum atomic E-state index is 11.7. The fourth-order valence-electron chi connectivity index (χ4n) is 2.49. The number of hydrogen-bond donors (Lipinski definition) is 3. The average molecular weight is 422 g/mol. The highest BCUT2D eigenvalue weighted by molar-refractivity contribution is 7.90. The third-order valence-electron chi connectivity index (χ3n) is 3.84. The van der Waals surface area contributed by atoms with Crippen LogP contribution < -0.4 is 10.8 Å². The molecule has 0 atom stereocenters. The van der Waals surface area contributed by atoms with Gasteiger partial charge in [-0.15, -0.1) is 0 Å². The van der Waals surface area contributed by atoms with Crippen molar-refractivity contribution in [2.24, 2.45) is 0 Å². The molecule has 0 aliphatic heterocycles. The maximum absolute atomic E-state index is 11.7. The predicted octanol–water partition coefficient (Wildman–Crippen LogP) is 3.25. The molecule has 0 saturated heterocycles. The molecule has 0 aliphatic carbocycles. The summed E-state index contributed by atoms with van der Waals surface area (Å²) in [6, 6.07) is 12.4. The minimum atomic E-state index is -3.32. The van der Waals surface area contributed by atoms with Crippen molar-refractivity contribution >= 4 is 27.5 Å². The van der Waals surface area contributed by atoms with Crippen LogP contribution in [0.25, 0.3) is 22.6 Å². The van der Waals surface area contributed by atoms with Gasteiger partial charge in [0.2, 0.25) is 5.89 Å². The Kier molecular flexibility index (Phi) is 5.68. The lowest BCUT2D eigenvalue weighted by Gasteiger charge is -2.03. The minimum Gasteiger partial charge on any atom is -0.438 e. The van der Waals surface area contributed by atoms with Gasteiger partial charge in [-0.1, -0.05) is 23.7 Å². The lowest BCUT2D eigenvalue weighted by molar-refractivity contribution is 0.161. The van der Waals surface area contributed by atoms with E-state index in [4.69, 9.17) is 21.2 Å². The summed E-state index contributed by atoms with van der Waals surface area (Å²) in [7, 11) is -3.32. The van der Waals surface area contributed by atoms with Gasteiger partial charge in [-0.25, -0.2) is 23.7 Å². The predicted molar refractivity (Wildman–Crippen MR) is 103 cm³/mol. The number of nitrogens with zero attached hydrogens (tertiary/aromatic N) is 1. The first-order chi connectivity index (χ1) is 13.3. The molecule has 1 aromatic heterocycles. The van der Waals surface area contributed by atoms with Crippen LogP contribution >= 0.6 is 11.6 Å². The molecule has 0 radical (unpaired) electrons. The Labute approximate surface area is 166 Å². The Morgan fingerprint density at radius 3 is 2.29 bits per heavy atom. The fourth-order valence-corrected chi connectivity index (χ4v) is 3.24. The Hall–Kier alpha value is -2.88. The number of hydrogen-bond acceptors (Lipinski definition) is 6. The van der Waals surface area contributed by atoms with E-state index in [9.17, 15) is 13.2 Å². The van der Waals surface area contributed by atoms with Gasteiger partial charge >= 0.3 is 6.03 Å². The molecule has 3 aromatic rings. The molecule has 0 unspecified atom stereocenters. The van der Waals surface area contributed by atoms with Crippen molar-refractivity contribution in [2.75, 3.05) is 6.26 Å². The summed E-state index contributed by atoms with van der Waals surface area (Å²) < 4.78 is 29.1. The summed E-state index contributed by atoms with van der Waals surface area (Å²) in [6.07, 6.45) is 1.13. The van der Waals surface area contributed by atoms with Gasteiger partial charge in [0.1, 0.15) is 5.69 Å². The Morgan fingerprint density at radius 1 is 1.11 bits per heavy atom. The molecule has 8 nitrogen and oxygen atoms in total.